The highest BCUT2D eigenvalue weighted by Gasteiger charge is 2.17. The molecule has 1 fully saturated rings. The number of rotatable bonds is 4. The molecule has 0 atom stereocenters. The van der Waals surface area contributed by atoms with E-state index in [1.165, 1.54) is 0 Å². The van der Waals surface area contributed by atoms with Gasteiger partial charge in [-0.3, -0.25) is 4.57 Å². The van der Waals surface area contributed by atoms with Crippen LogP contribution in [0.15, 0.2) is 12.4 Å². The number of halogens is 1. The Morgan fingerprint density at radius 2 is 1.95 bits per heavy atom. The zero-order valence-electron chi connectivity index (χ0n) is 11.9. The number of aromatic nitrogens is 5. The summed E-state index contributed by atoms with van der Waals surface area (Å²) in [6.07, 6.45) is 5.46. The SMILES string of the molecule is CCCc1nccn1-c1nc(Cl)nc(N2CCOCC2)n1. The van der Waals surface area contributed by atoms with Crippen LogP contribution in [0.25, 0.3) is 5.95 Å². The smallest absolute Gasteiger partial charge is 0.241 e. The maximum atomic E-state index is 6.06. The normalized spacial score (nSPS) is 15.4. The van der Waals surface area contributed by atoms with E-state index in [0.29, 0.717) is 25.1 Å². The first-order chi connectivity index (χ1) is 10.3. The van der Waals surface area contributed by atoms with Gasteiger partial charge in [-0.15, -0.1) is 0 Å². The van der Waals surface area contributed by atoms with Crippen LogP contribution in [-0.4, -0.2) is 50.8 Å². The van der Waals surface area contributed by atoms with Gasteiger partial charge in [0, 0.05) is 31.9 Å². The Balaban J connectivity index is 1.95. The van der Waals surface area contributed by atoms with Crippen molar-refractivity contribution in [2.24, 2.45) is 0 Å². The van der Waals surface area contributed by atoms with Gasteiger partial charge in [-0.05, 0) is 18.0 Å². The van der Waals surface area contributed by atoms with Crippen molar-refractivity contribution in [3.05, 3.63) is 23.5 Å². The minimum atomic E-state index is 0.192. The number of hydrogen-bond donors (Lipinski definition) is 0. The van der Waals surface area contributed by atoms with Crippen molar-refractivity contribution in [3.63, 3.8) is 0 Å². The van der Waals surface area contributed by atoms with E-state index in [4.69, 9.17) is 16.3 Å². The molecule has 112 valence electrons. The molecule has 0 aliphatic carbocycles. The van der Waals surface area contributed by atoms with Gasteiger partial charge in [-0.1, -0.05) is 6.92 Å². The Hall–Kier alpha value is -1.73. The maximum absolute atomic E-state index is 6.06. The lowest BCUT2D eigenvalue weighted by atomic mass is 10.3. The van der Waals surface area contributed by atoms with Gasteiger partial charge in [-0.25, -0.2) is 4.98 Å². The van der Waals surface area contributed by atoms with Gasteiger partial charge < -0.3 is 9.64 Å². The molecule has 8 heteroatoms. The Bertz CT molecular complexity index is 610. The first-order valence-electron chi connectivity index (χ1n) is 7.05. The molecule has 2 aromatic heterocycles. The van der Waals surface area contributed by atoms with E-state index >= 15 is 0 Å². The van der Waals surface area contributed by atoms with E-state index in [1.807, 2.05) is 10.8 Å². The monoisotopic (exact) mass is 308 g/mol. The topological polar surface area (TPSA) is 69.0 Å². The van der Waals surface area contributed by atoms with Gasteiger partial charge in [-0.2, -0.15) is 15.0 Å². The van der Waals surface area contributed by atoms with Crippen LogP contribution in [0.1, 0.15) is 19.2 Å². The van der Waals surface area contributed by atoms with Crippen molar-refractivity contribution < 1.29 is 4.74 Å². The first kappa shape index (κ1) is 14.2. The quantitative estimate of drug-likeness (QED) is 0.852. The third kappa shape index (κ3) is 3.14. The maximum Gasteiger partial charge on any atom is 0.241 e. The molecular weight excluding hydrogens is 292 g/mol. The van der Waals surface area contributed by atoms with Crippen molar-refractivity contribution in [1.82, 2.24) is 24.5 Å². The Morgan fingerprint density at radius 1 is 1.19 bits per heavy atom. The molecule has 0 radical (unpaired) electrons. The summed E-state index contributed by atoms with van der Waals surface area (Å²) in [4.78, 5) is 19.4. The molecule has 2 aromatic rings. The summed E-state index contributed by atoms with van der Waals surface area (Å²) in [7, 11) is 0. The van der Waals surface area contributed by atoms with E-state index in [9.17, 15) is 0 Å². The summed E-state index contributed by atoms with van der Waals surface area (Å²) in [6.45, 7) is 4.96. The molecule has 7 nitrogen and oxygen atoms in total. The molecule has 0 amide bonds. The second-order valence-corrected chi connectivity index (χ2v) is 5.11. The summed E-state index contributed by atoms with van der Waals surface area (Å²) in [5, 5.41) is 0.192. The number of anilines is 1. The molecular formula is C13H17ClN6O. The summed E-state index contributed by atoms with van der Waals surface area (Å²) in [5.41, 5.74) is 0. The highest BCUT2D eigenvalue weighted by molar-refractivity contribution is 6.28. The molecule has 0 N–H and O–H groups in total. The van der Waals surface area contributed by atoms with Crippen LogP contribution >= 0.6 is 11.6 Å². The molecule has 3 rings (SSSR count). The lowest BCUT2D eigenvalue weighted by Gasteiger charge is -2.26. The van der Waals surface area contributed by atoms with Crippen LogP contribution < -0.4 is 4.90 Å². The second-order valence-electron chi connectivity index (χ2n) is 4.77. The van der Waals surface area contributed by atoms with Gasteiger partial charge in [0.05, 0.1) is 13.2 Å². The third-order valence-corrected chi connectivity index (χ3v) is 3.45. The summed E-state index contributed by atoms with van der Waals surface area (Å²) >= 11 is 6.06. The molecule has 1 aliphatic heterocycles. The highest BCUT2D eigenvalue weighted by Crippen LogP contribution is 2.16. The molecule has 0 saturated carbocycles. The van der Waals surface area contributed by atoms with E-state index in [1.54, 1.807) is 6.20 Å². The summed E-state index contributed by atoms with van der Waals surface area (Å²) in [6, 6.07) is 0. The zero-order valence-corrected chi connectivity index (χ0v) is 12.6. The Labute approximate surface area is 128 Å². The van der Waals surface area contributed by atoms with Gasteiger partial charge in [0.1, 0.15) is 5.82 Å². The van der Waals surface area contributed by atoms with Gasteiger partial charge in [0.25, 0.3) is 0 Å². The molecule has 0 bridgehead atoms. The van der Waals surface area contributed by atoms with Gasteiger partial charge in [0.2, 0.25) is 17.2 Å². The van der Waals surface area contributed by atoms with Crippen LogP contribution in [0.5, 0.6) is 0 Å². The largest absolute Gasteiger partial charge is 0.378 e. The van der Waals surface area contributed by atoms with Crippen LogP contribution in [0.2, 0.25) is 5.28 Å². The molecule has 0 unspecified atom stereocenters. The van der Waals surface area contributed by atoms with Crippen LogP contribution in [0, 0.1) is 0 Å². The fourth-order valence-corrected chi connectivity index (χ4v) is 2.42. The number of imidazole rings is 1. The van der Waals surface area contributed by atoms with Crippen molar-refractivity contribution in [2.75, 3.05) is 31.2 Å². The van der Waals surface area contributed by atoms with E-state index < -0.39 is 0 Å². The molecule has 1 saturated heterocycles. The van der Waals surface area contributed by atoms with E-state index in [0.717, 1.165) is 31.8 Å². The minimum absolute atomic E-state index is 0.192. The van der Waals surface area contributed by atoms with Crippen molar-refractivity contribution in [2.45, 2.75) is 19.8 Å². The third-order valence-electron chi connectivity index (χ3n) is 3.28. The Kier molecular flexibility index (Phi) is 4.31. The molecule has 0 spiro atoms. The number of aryl methyl sites for hydroxylation is 1. The van der Waals surface area contributed by atoms with Gasteiger partial charge in [0.15, 0.2) is 0 Å². The van der Waals surface area contributed by atoms with E-state index in [2.05, 4.69) is 31.8 Å². The standard InChI is InChI=1S/C13H17ClN6O/c1-2-3-10-15-4-5-20(10)13-17-11(14)16-12(18-13)19-6-8-21-9-7-19/h4-5H,2-3,6-9H2,1H3. The number of nitrogens with zero attached hydrogens (tertiary/aromatic N) is 6. The zero-order chi connectivity index (χ0) is 14.7. The number of ether oxygens (including phenoxy) is 1. The average molecular weight is 309 g/mol. The predicted octanol–water partition coefficient (Wildman–Crippen LogP) is 1.50. The van der Waals surface area contributed by atoms with Crippen molar-refractivity contribution in [3.8, 4) is 5.95 Å². The summed E-state index contributed by atoms with van der Waals surface area (Å²) < 4.78 is 7.21. The number of morpholine rings is 1. The summed E-state index contributed by atoms with van der Waals surface area (Å²) in [5.74, 6) is 2.02. The molecule has 21 heavy (non-hydrogen) atoms. The van der Waals surface area contributed by atoms with Crippen LogP contribution in [0.4, 0.5) is 5.95 Å². The van der Waals surface area contributed by atoms with Crippen LogP contribution in [-0.2, 0) is 11.2 Å². The van der Waals surface area contributed by atoms with E-state index in [-0.39, 0.29) is 5.28 Å². The van der Waals surface area contributed by atoms with Crippen molar-refractivity contribution in [1.29, 1.82) is 0 Å². The highest BCUT2D eigenvalue weighted by atomic mass is 35.5. The molecule has 3 heterocycles. The lowest BCUT2D eigenvalue weighted by molar-refractivity contribution is 0.122. The molecule has 1 aliphatic rings. The van der Waals surface area contributed by atoms with Crippen LogP contribution in [0.3, 0.4) is 0 Å². The minimum Gasteiger partial charge on any atom is -0.378 e. The lowest BCUT2D eigenvalue weighted by Crippen LogP contribution is -2.37. The van der Waals surface area contributed by atoms with Gasteiger partial charge >= 0.3 is 0 Å². The predicted molar refractivity (Wildman–Crippen MR) is 79.0 cm³/mol. The first-order valence-corrected chi connectivity index (χ1v) is 7.42. The van der Waals surface area contributed by atoms with Crippen molar-refractivity contribution >= 4 is 17.5 Å². The number of hydrogen-bond acceptors (Lipinski definition) is 6. The second kappa shape index (κ2) is 6.36. The molecule has 0 aromatic carbocycles. The average Bonchev–Trinajstić information content (AvgIpc) is 2.96. The fraction of sp³-hybridized carbons (Fsp3) is 0.538. The Morgan fingerprint density at radius 3 is 2.71 bits per heavy atom. The fourth-order valence-electron chi connectivity index (χ4n) is 2.27.